The third-order valence-electron chi connectivity index (χ3n) is 5.15. The van der Waals surface area contributed by atoms with Gasteiger partial charge in [0, 0.05) is 19.6 Å². The SMILES string of the molecule is CC(NC(=O)N1CCOC(CN(C)CC(=O)O)C1)c1cccc(C2CC2)c1. The average molecular weight is 375 g/mol. The molecular formula is C20H29N3O4. The molecule has 1 heterocycles. The van der Waals surface area contributed by atoms with Crippen LogP contribution in [-0.4, -0.2) is 72.8 Å². The van der Waals surface area contributed by atoms with Crippen LogP contribution in [-0.2, 0) is 9.53 Å². The molecule has 1 aromatic carbocycles. The summed E-state index contributed by atoms with van der Waals surface area (Å²) in [6, 6.07) is 8.32. The number of nitrogens with zero attached hydrogens (tertiary/aromatic N) is 2. The lowest BCUT2D eigenvalue weighted by Gasteiger charge is -2.35. The summed E-state index contributed by atoms with van der Waals surface area (Å²) in [5, 5.41) is 11.9. The van der Waals surface area contributed by atoms with Gasteiger partial charge in [-0.05, 0) is 43.9 Å². The van der Waals surface area contributed by atoms with Gasteiger partial charge in [0.1, 0.15) is 0 Å². The first-order valence-corrected chi connectivity index (χ1v) is 9.59. The van der Waals surface area contributed by atoms with Crippen molar-refractivity contribution in [2.75, 3.05) is 39.8 Å². The summed E-state index contributed by atoms with van der Waals surface area (Å²) < 4.78 is 5.69. The first-order valence-electron chi connectivity index (χ1n) is 9.59. The van der Waals surface area contributed by atoms with E-state index in [1.807, 2.05) is 6.92 Å². The summed E-state index contributed by atoms with van der Waals surface area (Å²) in [4.78, 5) is 26.9. The van der Waals surface area contributed by atoms with Gasteiger partial charge in [0.05, 0.1) is 25.3 Å². The molecule has 148 valence electrons. The third kappa shape index (κ3) is 5.68. The molecule has 2 atom stereocenters. The Morgan fingerprint density at radius 3 is 2.89 bits per heavy atom. The largest absolute Gasteiger partial charge is 0.480 e. The van der Waals surface area contributed by atoms with Gasteiger partial charge >= 0.3 is 12.0 Å². The Morgan fingerprint density at radius 2 is 2.19 bits per heavy atom. The zero-order valence-corrected chi connectivity index (χ0v) is 16.1. The third-order valence-corrected chi connectivity index (χ3v) is 5.15. The fourth-order valence-corrected chi connectivity index (χ4v) is 3.52. The molecule has 0 bridgehead atoms. The van der Waals surface area contributed by atoms with Crippen molar-refractivity contribution < 1.29 is 19.4 Å². The van der Waals surface area contributed by atoms with Crippen molar-refractivity contribution in [3.63, 3.8) is 0 Å². The molecule has 1 saturated heterocycles. The Bertz CT molecular complexity index is 677. The van der Waals surface area contributed by atoms with E-state index in [4.69, 9.17) is 9.84 Å². The van der Waals surface area contributed by atoms with Crippen LogP contribution in [0, 0.1) is 0 Å². The Labute approximate surface area is 160 Å². The Hall–Kier alpha value is -2.12. The lowest BCUT2D eigenvalue weighted by molar-refractivity contribution is -0.138. The number of amides is 2. The minimum Gasteiger partial charge on any atom is -0.480 e. The Balaban J connectivity index is 1.52. The number of carbonyl (C=O) groups excluding carboxylic acids is 1. The first kappa shape index (κ1) is 19.6. The number of aliphatic carboxylic acids is 1. The minimum atomic E-state index is -0.870. The maximum Gasteiger partial charge on any atom is 0.318 e. The molecule has 1 aromatic rings. The number of benzene rings is 1. The number of urea groups is 1. The topological polar surface area (TPSA) is 82.1 Å². The summed E-state index contributed by atoms with van der Waals surface area (Å²) in [6.45, 7) is 3.91. The van der Waals surface area contributed by atoms with Crippen LogP contribution in [0.4, 0.5) is 4.79 Å². The number of hydrogen-bond donors (Lipinski definition) is 2. The number of carboxylic acids is 1. The van der Waals surface area contributed by atoms with E-state index in [1.165, 1.54) is 18.4 Å². The summed E-state index contributed by atoms with van der Waals surface area (Å²) in [5.74, 6) is -0.180. The predicted octanol–water partition coefficient (Wildman–Crippen LogP) is 2.05. The number of likely N-dealkylation sites (N-methyl/N-ethyl adjacent to an activating group) is 1. The fraction of sp³-hybridized carbons (Fsp3) is 0.600. The Kier molecular flexibility index (Phi) is 6.34. The number of ether oxygens (including phenoxy) is 1. The van der Waals surface area contributed by atoms with Gasteiger partial charge in [-0.25, -0.2) is 4.79 Å². The zero-order chi connectivity index (χ0) is 19.4. The van der Waals surface area contributed by atoms with E-state index < -0.39 is 5.97 Å². The summed E-state index contributed by atoms with van der Waals surface area (Å²) in [6.07, 6.45) is 2.34. The fourth-order valence-electron chi connectivity index (χ4n) is 3.52. The number of hydrogen-bond acceptors (Lipinski definition) is 4. The van der Waals surface area contributed by atoms with Gasteiger partial charge in [-0.3, -0.25) is 9.69 Å². The van der Waals surface area contributed by atoms with E-state index in [1.54, 1.807) is 16.8 Å². The number of morpholine rings is 1. The van der Waals surface area contributed by atoms with E-state index in [9.17, 15) is 9.59 Å². The molecule has 7 heteroatoms. The smallest absolute Gasteiger partial charge is 0.318 e. The molecular weight excluding hydrogens is 346 g/mol. The van der Waals surface area contributed by atoms with Crippen LogP contribution in [0.15, 0.2) is 24.3 Å². The molecule has 2 aliphatic rings. The molecule has 2 amide bonds. The molecule has 7 nitrogen and oxygen atoms in total. The molecule has 0 spiro atoms. The second-order valence-electron chi connectivity index (χ2n) is 7.64. The number of rotatable bonds is 7. The van der Waals surface area contributed by atoms with E-state index in [0.29, 0.717) is 32.2 Å². The monoisotopic (exact) mass is 375 g/mol. The number of carboxylic acid groups (broad SMARTS) is 1. The van der Waals surface area contributed by atoms with Crippen molar-refractivity contribution in [2.45, 2.75) is 37.8 Å². The van der Waals surface area contributed by atoms with Gasteiger partial charge in [-0.15, -0.1) is 0 Å². The second kappa shape index (κ2) is 8.71. The van der Waals surface area contributed by atoms with Gasteiger partial charge in [0.25, 0.3) is 0 Å². The molecule has 1 aliphatic heterocycles. The van der Waals surface area contributed by atoms with E-state index in [-0.39, 0.29) is 24.7 Å². The molecule has 0 aromatic heterocycles. The van der Waals surface area contributed by atoms with E-state index >= 15 is 0 Å². The molecule has 0 radical (unpaired) electrons. The maximum absolute atomic E-state index is 12.7. The van der Waals surface area contributed by atoms with E-state index in [2.05, 4.69) is 29.6 Å². The van der Waals surface area contributed by atoms with Crippen LogP contribution in [0.5, 0.6) is 0 Å². The minimum absolute atomic E-state index is 0.0412. The van der Waals surface area contributed by atoms with Crippen LogP contribution in [0.2, 0.25) is 0 Å². The van der Waals surface area contributed by atoms with Gasteiger partial charge in [-0.1, -0.05) is 24.3 Å². The zero-order valence-electron chi connectivity index (χ0n) is 16.1. The van der Waals surface area contributed by atoms with E-state index in [0.717, 1.165) is 5.56 Å². The van der Waals surface area contributed by atoms with Gasteiger partial charge in [-0.2, -0.15) is 0 Å². The molecule has 27 heavy (non-hydrogen) atoms. The molecule has 2 N–H and O–H groups in total. The van der Waals surface area contributed by atoms with Crippen LogP contribution in [0.25, 0.3) is 0 Å². The average Bonchev–Trinajstić information content (AvgIpc) is 3.46. The highest BCUT2D eigenvalue weighted by molar-refractivity contribution is 5.75. The first-order chi connectivity index (χ1) is 12.9. The van der Waals surface area contributed by atoms with Crippen molar-refractivity contribution in [1.29, 1.82) is 0 Å². The lowest BCUT2D eigenvalue weighted by atomic mass is 10.0. The lowest BCUT2D eigenvalue weighted by Crippen LogP contribution is -2.52. The highest BCUT2D eigenvalue weighted by Gasteiger charge is 2.27. The highest BCUT2D eigenvalue weighted by Crippen LogP contribution is 2.40. The number of carbonyl (C=O) groups is 2. The van der Waals surface area contributed by atoms with Crippen molar-refractivity contribution in [3.8, 4) is 0 Å². The van der Waals surface area contributed by atoms with Crippen LogP contribution < -0.4 is 5.32 Å². The second-order valence-corrected chi connectivity index (χ2v) is 7.64. The van der Waals surface area contributed by atoms with Gasteiger partial charge in [0.15, 0.2) is 0 Å². The van der Waals surface area contributed by atoms with Gasteiger partial charge < -0.3 is 20.1 Å². The standard InChI is InChI=1S/C20H29N3O4/c1-14(16-4-3-5-17(10-16)15-6-7-15)21-20(26)23-8-9-27-18(12-23)11-22(2)13-19(24)25/h3-5,10,14-15,18H,6-9,11-13H2,1-2H3,(H,21,26)(H,24,25). The Morgan fingerprint density at radius 1 is 1.41 bits per heavy atom. The predicted molar refractivity (Wildman–Crippen MR) is 102 cm³/mol. The summed E-state index contributed by atoms with van der Waals surface area (Å²) in [5.41, 5.74) is 2.49. The molecule has 1 saturated carbocycles. The van der Waals surface area contributed by atoms with Crippen molar-refractivity contribution in [3.05, 3.63) is 35.4 Å². The number of nitrogens with one attached hydrogen (secondary N) is 1. The highest BCUT2D eigenvalue weighted by atomic mass is 16.5. The van der Waals surface area contributed by atoms with Gasteiger partial charge in [0.2, 0.25) is 0 Å². The van der Waals surface area contributed by atoms with Crippen LogP contribution in [0.3, 0.4) is 0 Å². The molecule has 2 fully saturated rings. The van der Waals surface area contributed by atoms with Crippen LogP contribution >= 0.6 is 0 Å². The molecule has 2 unspecified atom stereocenters. The van der Waals surface area contributed by atoms with Crippen LogP contribution in [0.1, 0.15) is 42.9 Å². The quantitative estimate of drug-likeness (QED) is 0.762. The molecule has 3 rings (SSSR count). The maximum atomic E-state index is 12.7. The van der Waals surface area contributed by atoms with Crippen molar-refractivity contribution in [1.82, 2.24) is 15.1 Å². The van der Waals surface area contributed by atoms with Crippen molar-refractivity contribution in [2.24, 2.45) is 0 Å². The van der Waals surface area contributed by atoms with Crippen molar-refractivity contribution >= 4 is 12.0 Å². The normalized spacial score (nSPS) is 21.1. The molecule has 1 aliphatic carbocycles. The summed E-state index contributed by atoms with van der Waals surface area (Å²) >= 11 is 0. The summed E-state index contributed by atoms with van der Waals surface area (Å²) in [7, 11) is 1.74.